The summed E-state index contributed by atoms with van der Waals surface area (Å²) in [6, 6.07) is 5.41. The number of nitrogens with two attached hydrogens (primary N) is 1. The highest BCUT2D eigenvalue weighted by Crippen LogP contribution is 2.26. The Morgan fingerprint density at radius 1 is 1.37 bits per heavy atom. The summed E-state index contributed by atoms with van der Waals surface area (Å²) < 4.78 is 1.74. The first-order chi connectivity index (χ1) is 8.99. The lowest BCUT2D eigenvalue weighted by molar-refractivity contribution is -0.122. The zero-order chi connectivity index (χ0) is 14.0. The van der Waals surface area contributed by atoms with Crippen LogP contribution in [0.2, 0.25) is 0 Å². The van der Waals surface area contributed by atoms with Gasteiger partial charge in [-0.2, -0.15) is 0 Å². The molecule has 1 fully saturated rings. The molecule has 1 aliphatic carbocycles. The number of rotatable bonds is 3. The van der Waals surface area contributed by atoms with Gasteiger partial charge in [-0.1, -0.05) is 22.4 Å². The Morgan fingerprint density at radius 2 is 2.11 bits per heavy atom. The number of primary amides is 1. The largest absolute Gasteiger partial charge is 0.369 e. The van der Waals surface area contributed by atoms with E-state index in [0.717, 1.165) is 27.3 Å². The van der Waals surface area contributed by atoms with Crippen molar-refractivity contribution in [2.45, 2.75) is 25.3 Å². The second-order valence-corrected chi connectivity index (χ2v) is 6.72. The molecule has 2 amide bonds. The molecule has 1 aromatic rings. The predicted octanol–water partition coefficient (Wildman–Crippen LogP) is 2.44. The number of benzene rings is 1. The van der Waals surface area contributed by atoms with Gasteiger partial charge in [-0.15, -0.1) is 0 Å². The summed E-state index contributed by atoms with van der Waals surface area (Å²) in [5.74, 6) is -0.718. The third-order valence-electron chi connectivity index (χ3n) is 3.37. The lowest BCUT2D eigenvalue weighted by Gasteiger charge is -2.18. The molecule has 0 saturated heterocycles. The molecule has 0 aromatic heterocycles. The van der Waals surface area contributed by atoms with Gasteiger partial charge in [0.2, 0.25) is 5.91 Å². The van der Waals surface area contributed by atoms with Gasteiger partial charge in [0, 0.05) is 14.1 Å². The molecule has 0 unspecified atom stereocenters. The van der Waals surface area contributed by atoms with Crippen LogP contribution in [0.5, 0.6) is 0 Å². The number of amides is 2. The molecule has 3 N–H and O–H groups in total. The minimum Gasteiger partial charge on any atom is -0.369 e. The van der Waals surface area contributed by atoms with Crippen LogP contribution >= 0.6 is 38.5 Å². The molecule has 6 heteroatoms. The number of halogens is 2. The minimum absolute atomic E-state index is 0.139. The highest BCUT2D eigenvalue weighted by atomic mass is 127. The summed E-state index contributed by atoms with van der Waals surface area (Å²) in [5.41, 5.74) is 5.97. The van der Waals surface area contributed by atoms with Crippen molar-refractivity contribution in [3.8, 4) is 0 Å². The molecule has 19 heavy (non-hydrogen) atoms. The van der Waals surface area contributed by atoms with Crippen molar-refractivity contribution in [3.05, 3.63) is 31.8 Å². The van der Waals surface area contributed by atoms with Crippen LogP contribution < -0.4 is 11.1 Å². The van der Waals surface area contributed by atoms with E-state index in [0.29, 0.717) is 5.56 Å². The fourth-order valence-corrected chi connectivity index (χ4v) is 3.33. The Balaban J connectivity index is 2.12. The van der Waals surface area contributed by atoms with Gasteiger partial charge < -0.3 is 11.1 Å². The van der Waals surface area contributed by atoms with E-state index in [1.807, 2.05) is 12.1 Å². The zero-order valence-electron chi connectivity index (χ0n) is 10.2. The fraction of sp³-hybridized carbons (Fsp3) is 0.385. The van der Waals surface area contributed by atoms with Gasteiger partial charge in [-0.3, -0.25) is 9.59 Å². The molecule has 0 bridgehead atoms. The van der Waals surface area contributed by atoms with Crippen LogP contribution in [0.1, 0.15) is 29.6 Å². The number of hydrogen-bond acceptors (Lipinski definition) is 2. The lowest BCUT2D eigenvalue weighted by Crippen LogP contribution is -2.42. The van der Waals surface area contributed by atoms with E-state index < -0.39 is 0 Å². The van der Waals surface area contributed by atoms with Gasteiger partial charge in [-0.05, 0) is 53.6 Å². The van der Waals surface area contributed by atoms with Crippen LogP contribution in [0.3, 0.4) is 0 Å². The Bertz CT molecular complexity index is 521. The topological polar surface area (TPSA) is 72.2 Å². The normalized spacial score (nSPS) is 22.2. The minimum atomic E-state index is -0.327. The molecule has 102 valence electrons. The average molecular weight is 437 g/mol. The van der Waals surface area contributed by atoms with Crippen molar-refractivity contribution in [1.29, 1.82) is 0 Å². The van der Waals surface area contributed by atoms with Gasteiger partial charge in [0.25, 0.3) is 5.91 Å². The number of nitrogens with one attached hydrogen (secondary N) is 1. The summed E-state index contributed by atoms with van der Waals surface area (Å²) in [6.45, 7) is 0. The number of carbonyl (C=O) groups excluding carboxylic acids is 2. The summed E-state index contributed by atoms with van der Waals surface area (Å²) >= 11 is 5.48. The predicted molar refractivity (Wildman–Crippen MR) is 84.6 cm³/mol. The van der Waals surface area contributed by atoms with E-state index in [1.54, 1.807) is 6.07 Å². The maximum Gasteiger partial charge on any atom is 0.252 e. The van der Waals surface area contributed by atoms with Crippen molar-refractivity contribution in [3.63, 3.8) is 0 Å². The van der Waals surface area contributed by atoms with E-state index in [2.05, 4.69) is 43.8 Å². The van der Waals surface area contributed by atoms with Crippen LogP contribution in [0.15, 0.2) is 22.7 Å². The van der Waals surface area contributed by atoms with E-state index in [-0.39, 0.29) is 23.8 Å². The molecule has 0 aliphatic heterocycles. The number of hydrogen-bond donors (Lipinski definition) is 2. The summed E-state index contributed by atoms with van der Waals surface area (Å²) in [6.07, 6.45) is 2.49. The van der Waals surface area contributed by atoms with E-state index in [4.69, 9.17) is 5.73 Å². The quantitative estimate of drug-likeness (QED) is 0.714. The third kappa shape index (κ3) is 3.47. The lowest BCUT2D eigenvalue weighted by atomic mass is 10.0. The van der Waals surface area contributed by atoms with Crippen molar-refractivity contribution < 1.29 is 9.59 Å². The van der Waals surface area contributed by atoms with E-state index >= 15 is 0 Å². The molecule has 1 saturated carbocycles. The molecule has 0 spiro atoms. The second-order valence-electron chi connectivity index (χ2n) is 4.64. The Morgan fingerprint density at radius 3 is 2.79 bits per heavy atom. The molecule has 1 aromatic carbocycles. The Labute approximate surface area is 133 Å². The van der Waals surface area contributed by atoms with Gasteiger partial charge in [0.05, 0.1) is 11.5 Å². The summed E-state index contributed by atoms with van der Waals surface area (Å²) in [7, 11) is 0. The van der Waals surface area contributed by atoms with Crippen LogP contribution in [0, 0.1) is 9.49 Å². The molecular weight excluding hydrogens is 423 g/mol. The smallest absolute Gasteiger partial charge is 0.252 e. The number of carbonyl (C=O) groups is 2. The maximum atomic E-state index is 12.3. The molecule has 4 nitrogen and oxygen atoms in total. The SMILES string of the molecule is NC(=O)[C@H]1CCC[C@H]1NC(=O)c1cc(Br)ccc1I. The first-order valence-electron chi connectivity index (χ1n) is 6.04. The van der Waals surface area contributed by atoms with Crippen LogP contribution in [0.4, 0.5) is 0 Å². The van der Waals surface area contributed by atoms with Gasteiger partial charge in [-0.25, -0.2) is 0 Å². The summed E-state index contributed by atoms with van der Waals surface area (Å²) in [4.78, 5) is 23.6. The average Bonchev–Trinajstić information content (AvgIpc) is 2.80. The van der Waals surface area contributed by atoms with Crippen LogP contribution in [-0.4, -0.2) is 17.9 Å². The van der Waals surface area contributed by atoms with Gasteiger partial charge in [0.1, 0.15) is 0 Å². The maximum absolute atomic E-state index is 12.3. The van der Waals surface area contributed by atoms with Gasteiger partial charge >= 0.3 is 0 Å². The summed E-state index contributed by atoms with van der Waals surface area (Å²) in [5, 5.41) is 2.93. The first-order valence-corrected chi connectivity index (χ1v) is 7.91. The van der Waals surface area contributed by atoms with Crippen molar-refractivity contribution in [2.75, 3.05) is 0 Å². The molecular formula is C13H14BrIN2O2. The molecule has 2 atom stereocenters. The Hall–Kier alpha value is -0.630. The molecule has 2 rings (SSSR count). The van der Waals surface area contributed by atoms with Gasteiger partial charge in [0.15, 0.2) is 0 Å². The monoisotopic (exact) mass is 436 g/mol. The highest BCUT2D eigenvalue weighted by Gasteiger charge is 2.32. The van der Waals surface area contributed by atoms with Crippen LogP contribution in [-0.2, 0) is 4.79 Å². The van der Waals surface area contributed by atoms with Crippen LogP contribution in [0.25, 0.3) is 0 Å². The van der Waals surface area contributed by atoms with E-state index in [1.165, 1.54) is 0 Å². The molecule has 0 radical (unpaired) electrons. The van der Waals surface area contributed by atoms with E-state index in [9.17, 15) is 9.59 Å². The standard InChI is InChI=1S/C13H14BrIN2O2/c14-7-4-5-10(15)9(6-7)13(19)17-11-3-1-2-8(11)12(16)18/h4-6,8,11H,1-3H2,(H2,16,18)(H,17,19)/t8-,11+/m0/s1. The Kier molecular flexibility index (Phi) is 4.83. The van der Waals surface area contributed by atoms with Crippen molar-refractivity contribution in [2.24, 2.45) is 11.7 Å². The fourth-order valence-electron chi connectivity index (χ4n) is 2.39. The van der Waals surface area contributed by atoms with Crippen molar-refractivity contribution >= 4 is 50.3 Å². The zero-order valence-corrected chi connectivity index (χ0v) is 13.9. The van der Waals surface area contributed by atoms with Crippen molar-refractivity contribution in [1.82, 2.24) is 5.32 Å². The third-order valence-corrected chi connectivity index (χ3v) is 4.80. The highest BCUT2D eigenvalue weighted by molar-refractivity contribution is 14.1. The second kappa shape index (κ2) is 6.21. The molecule has 0 heterocycles. The first kappa shape index (κ1) is 14.8. The molecule has 1 aliphatic rings.